The lowest BCUT2D eigenvalue weighted by atomic mass is 9.70. The number of aliphatic hydroxyl groups excluding tert-OH is 1. The molecule has 0 saturated carbocycles. The quantitative estimate of drug-likeness (QED) is 0.110. The average molecular weight is 805 g/mol. The monoisotopic (exact) mass is 803 g/mol. The van der Waals surface area contributed by atoms with Gasteiger partial charge in [0.05, 0.1) is 47.3 Å². The predicted molar refractivity (Wildman–Crippen MR) is 205 cm³/mol. The first-order chi connectivity index (χ1) is 25.6. The predicted octanol–water partition coefficient (Wildman–Crippen LogP) is 5.58. The summed E-state index contributed by atoms with van der Waals surface area (Å²) in [4.78, 5) is 59.7. The third kappa shape index (κ3) is 7.58. The van der Waals surface area contributed by atoms with Crippen molar-refractivity contribution in [3.8, 4) is 0 Å². The van der Waals surface area contributed by atoms with Crippen molar-refractivity contribution < 1.29 is 33.8 Å². The van der Waals surface area contributed by atoms with Gasteiger partial charge < -0.3 is 29.7 Å². The van der Waals surface area contributed by atoms with Crippen LogP contribution in [-0.2, 0) is 35.1 Å². The van der Waals surface area contributed by atoms with Crippen molar-refractivity contribution in [2.45, 2.75) is 60.3 Å². The van der Waals surface area contributed by atoms with Crippen molar-refractivity contribution >= 4 is 56.9 Å². The molecule has 0 radical (unpaired) electrons. The Morgan fingerprint density at radius 1 is 1.06 bits per heavy atom. The number of alkyl halides is 1. The topological polar surface area (TPSA) is 125 Å². The van der Waals surface area contributed by atoms with Gasteiger partial charge in [-0.25, -0.2) is 0 Å². The molecule has 2 N–H and O–H groups in total. The molecule has 12 heteroatoms. The van der Waals surface area contributed by atoms with Crippen LogP contribution in [0.4, 0.5) is 5.69 Å². The van der Waals surface area contributed by atoms with E-state index in [1.54, 1.807) is 36.4 Å². The molecule has 3 aliphatic heterocycles. The van der Waals surface area contributed by atoms with E-state index in [0.717, 1.165) is 5.56 Å². The Bertz CT molecular complexity index is 1830. The molecule has 3 heterocycles. The van der Waals surface area contributed by atoms with Crippen LogP contribution in [0.15, 0.2) is 110 Å². The van der Waals surface area contributed by atoms with Gasteiger partial charge in [-0.05, 0) is 42.5 Å². The molecule has 1 spiro atoms. The fourth-order valence-electron chi connectivity index (χ4n) is 8.07. The maximum absolute atomic E-state index is 15.1. The van der Waals surface area contributed by atoms with Crippen LogP contribution in [0.5, 0.6) is 0 Å². The molecule has 8 atom stereocenters. The largest absolute Gasteiger partial charge is 0.463 e. The Balaban J connectivity index is 1.39. The normalized spacial score (nSPS) is 25.3. The number of para-hydroxylation sites is 1. The van der Waals surface area contributed by atoms with E-state index in [1.165, 1.54) is 9.80 Å². The second-order valence-electron chi connectivity index (χ2n) is 13.6. The number of nitrogens with one attached hydrogen (secondary N) is 1. The molecule has 1 unspecified atom stereocenters. The molecular weight excluding hydrogens is 762 g/mol. The third-order valence-electron chi connectivity index (χ3n) is 10.4. The fraction of sp³-hybridized carbons (Fsp3) is 0.366. The molecule has 3 aliphatic rings. The maximum Gasteiger partial charge on any atom is 0.306 e. The lowest BCUT2D eigenvalue weighted by Crippen LogP contribution is -2.59. The van der Waals surface area contributed by atoms with E-state index in [0.29, 0.717) is 22.7 Å². The van der Waals surface area contributed by atoms with Crippen LogP contribution in [0.2, 0.25) is 5.02 Å². The zero-order valence-electron chi connectivity index (χ0n) is 29.2. The molecule has 3 saturated heterocycles. The molecule has 53 heavy (non-hydrogen) atoms. The second kappa shape index (κ2) is 16.8. The first kappa shape index (κ1) is 38.4. The van der Waals surface area contributed by atoms with Crippen LogP contribution >= 0.6 is 27.5 Å². The number of halogens is 2. The van der Waals surface area contributed by atoms with E-state index < -0.39 is 72.0 Å². The van der Waals surface area contributed by atoms with E-state index in [-0.39, 0.29) is 37.2 Å². The Kier molecular flexibility index (Phi) is 12.2. The van der Waals surface area contributed by atoms with E-state index >= 15 is 4.79 Å². The number of anilines is 1. The van der Waals surface area contributed by atoms with Crippen LogP contribution in [-0.4, -0.2) is 82.1 Å². The van der Waals surface area contributed by atoms with Crippen LogP contribution in [0.1, 0.15) is 36.4 Å². The highest BCUT2D eigenvalue weighted by Gasteiger charge is 2.77. The number of ether oxygens (including phenoxy) is 2. The van der Waals surface area contributed by atoms with Gasteiger partial charge in [0.15, 0.2) is 0 Å². The number of esters is 1. The number of hydrogen-bond donors (Lipinski definition) is 2. The van der Waals surface area contributed by atoms with Gasteiger partial charge in [0.25, 0.3) is 5.91 Å². The summed E-state index contributed by atoms with van der Waals surface area (Å²) in [5, 5.41) is 14.3. The van der Waals surface area contributed by atoms with Gasteiger partial charge in [-0.1, -0.05) is 112 Å². The zero-order chi connectivity index (χ0) is 37.7. The number of carbonyl (C=O) groups excluding carboxylic acids is 4. The molecule has 3 fully saturated rings. The van der Waals surface area contributed by atoms with Crippen molar-refractivity contribution in [2.24, 2.45) is 11.8 Å². The van der Waals surface area contributed by atoms with Gasteiger partial charge in [0.2, 0.25) is 11.8 Å². The van der Waals surface area contributed by atoms with E-state index in [1.807, 2.05) is 60.7 Å². The number of aliphatic hydroxyl groups is 1. The third-order valence-corrected chi connectivity index (χ3v) is 11.5. The van der Waals surface area contributed by atoms with Gasteiger partial charge in [-0.2, -0.15) is 0 Å². The number of rotatable bonds is 16. The SMILES string of the molecule is C=CCCC(=O)OC[C@H](NC(=O)[C@H]1[C@@H]2O[C@@]3(CC2Br)[C@@H]1C(=O)N([C@@H](CO)Cc1ccccc1)[C@@H]3C(=O)N(CC=C)c1ccccc1Cl)c1ccccc1. The van der Waals surface area contributed by atoms with Gasteiger partial charge in [-0.15, -0.1) is 13.2 Å². The minimum Gasteiger partial charge on any atom is -0.463 e. The summed E-state index contributed by atoms with van der Waals surface area (Å²) in [5.41, 5.74) is 0.585. The van der Waals surface area contributed by atoms with Gasteiger partial charge in [-0.3, -0.25) is 19.2 Å². The molecule has 278 valence electrons. The van der Waals surface area contributed by atoms with Gasteiger partial charge in [0, 0.05) is 17.8 Å². The number of carbonyl (C=O) groups is 4. The molecule has 0 aliphatic carbocycles. The Morgan fingerprint density at radius 3 is 2.40 bits per heavy atom. The van der Waals surface area contributed by atoms with E-state index in [2.05, 4.69) is 34.4 Å². The zero-order valence-corrected chi connectivity index (χ0v) is 31.5. The molecular formula is C41H43BrClN3O7. The number of fused-ring (bicyclic) bond motifs is 1. The van der Waals surface area contributed by atoms with Gasteiger partial charge in [0.1, 0.15) is 18.2 Å². The highest BCUT2D eigenvalue weighted by atomic mass is 79.9. The summed E-state index contributed by atoms with van der Waals surface area (Å²) < 4.78 is 12.3. The Hall–Kier alpha value is -4.29. The van der Waals surface area contributed by atoms with Crippen LogP contribution in [0.25, 0.3) is 0 Å². The van der Waals surface area contributed by atoms with Crippen LogP contribution in [0, 0.1) is 11.8 Å². The summed E-state index contributed by atoms with van der Waals surface area (Å²) >= 11 is 10.4. The minimum atomic E-state index is -1.42. The van der Waals surface area contributed by atoms with Crippen molar-refractivity contribution in [1.29, 1.82) is 0 Å². The average Bonchev–Trinajstić information content (AvgIpc) is 3.77. The standard InChI is InChI=1S/C41H43BrClN3O7/c1-3-5-20-33(48)52-25-31(27-16-10-7-11-17-27)44-38(49)34-35-39(50)46(28(24-47)22-26-14-8-6-9-15-26)37(41(35)23-29(42)36(34)53-41)40(51)45(21-4-2)32-19-13-12-18-30(32)43/h3-4,6-19,28-29,31,34-37,47H,1-2,5,20-25H2,(H,44,49)/t28-,29?,31+,34-,35+,36-,37-,41+/m1/s1. The number of amides is 3. The molecule has 3 aromatic rings. The highest BCUT2D eigenvalue weighted by Crippen LogP contribution is 2.61. The van der Waals surface area contributed by atoms with Crippen LogP contribution in [0.3, 0.4) is 0 Å². The summed E-state index contributed by atoms with van der Waals surface area (Å²) in [6, 6.07) is 22.7. The molecule has 0 aromatic heterocycles. The van der Waals surface area contributed by atoms with Crippen molar-refractivity contribution in [2.75, 3.05) is 24.7 Å². The second-order valence-corrected chi connectivity index (χ2v) is 15.2. The van der Waals surface area contributed by atoms with Gasteiger partial charge >= 0.3 is 5.97 Å². The Morgan fingerprint density at radius 2 is 1.74 bits per heavy atom. The highest BCUT2D eigenvalue weighted by molar-refractivity contribution is 9.09. The molecule has 3 amide bonds. The lowest BCUT2D eigenvalue weighted by Gasteiger charge is -2.39. The molecule has 3 aromatic carbocycles. The molecule has 10 nitrogen and oxygen atoms in total. The summed E-state index contributed by atoms with van der Waals surface area (Å²) in [6.45, 7) is 7.04. The number of hydrogen-bond acceptors (Lipinski definition) is 7. The van der Waals surface area contributed by atoms with Crippen molar-refractivity contribution in [3.63, 3.8) is 0 Å². The maximum atomic E-state index is 15.1. The summed E-state index contributed by atoms with van der Waals surface area (Å²) in [5.74, 6) is -3.88. The lowest BCUT2D eigenvalue weighted by molar-refractivity contribution is -0.146. The molecule has 6 rings (SSSR count). The van der Waals surface area contributed by atoms with Crippen molar-refractivity contribution in [3.05, 3.63) is 126 Å². The van der Waals surface area contributed by atoms with E-state index in [4.69, 9.17) is 21.1 Å². The fourth-order valence-corrected chi connectivity index (χ4v) is 9.25. The first-order valence-corrected chi connectivity index (χ1v) is 19.0. The number of allylic oxidation sites excluding steroid dienone is 1. The smallest absolute Gasteiger partial charge is 0.306 e. The summed E-state index contributed by atoms with van der Waals surface area (Å²) in [7, 11) is 0. The summed E-state index contributed by atoms with van der Waals surface area (Å²) in [6.07, 6.45) is 3.59. The van der Waals surface area contributed by atoms with Crippen molar-refractivity contribution in [1.82, 2.24) is 10.2 Å². The van der Waals surface area contributed by atoms with Crippen LogP contribution < -0.4 is 10.2 Å². The Labute approximate surface area is 322 Å². The number of nitrogens with zero attached hydrogens (tertiary/aromatic N) is 2. The number of likely N-dealkylation sites (tertiary alicyclic amines) is 1. The first-order valence-electron chi connectivity index (χ1n) is 17.7. The number of benzene rings is 3. The molecule has 2 bridgehead atoms. The van der Waals surface area contributed by atoms with E-state index in [9.17, 15) is 19.5 Å². The minimum absolute atomic E-state index is 0.0830.